The van der Waals surface area contributed by atoms with E-state index >= 15 is 0 Å². The molecule has 2 heterocycles. The fourth-order valence-corrected chi connectivity index (χ4v) is 2.95. The Morgan fingerprint density at radius 3 is 2.42 bits per heavy atom. The van der Waals surface area contributed by atoms with Crippen molar-refractivity contribution >= 4 is 39.5 Å². The number of aliphatic imine (C=N–C) groups is 1. The quantitative estimate of drug-likeness (QED) is 0.639. The second-order valence-electron chi connectivity index (χ2n) is 4.76. The van der Waals surface area contributed by atoms with Crippen LogP contribution < -0.4 is 5.73 Å². The summed E-state index contributed by atoms with van der Waals surface area (Å²) in [5, 5.41) is 0.491. The zero-order chi connectivity index (χ0) is 17.7. The second-order valence-corrected chi connectivity index (χ2v) is 5.80. The number of carbonyl (C=O) groups is 2. The minimum atomic E-state index is -0.658. The molecule has 24 heavy (non-hydrogen) atoms. The van der Waals surface area contributed by atoms with Crippen LogP contribution >= 0.6 is 11.3 Å². The molecule has 0 radical (unpaired) electrons. The Morgan fingerprint density at radius 1 is 1.25 bits per heavy atom. The van der Waals surface area contributed by atoms with Gasteiger partial charge in [0.05, 0.1) is 25.1 Å². The Hall–Kier alpha value is -2.61. The lowest BCUT2D eigenvalue weighted by Crippen LogP contribution is -2.13. The molecule has 2 N–H and O–H groups in total. The van der Waals surface area contributed by atoms with Gasteiger partial charge in [0.15, 0.2) is 0 Å². The van der Waals surface area contributed by atoms with Crippen molar-refractivity contribution in [2.75, 3.05) is 18.9 Å². The van der Waals surface area contributed by atoms with E-state index < -0.39 is 11.9 Å². The third-order valence-electron chi connectivity index (χ3n) is 3.17. The molecule has 0 spiro atoms. The van der Waals surface area contributed by atoms with Gasteiger partial charge >= 0.3 is 11.9 Å². The van der Waals surface area contributed by atoms with E-state index in [2.05, 4.69) is 4.99 Å². The van der Waals surface area contributed by atoms with Crippen molar-refractivity contribution in [1.29, 1.82) is 0 Å². The number of aryl methyl sites for hydroxylation is 1. The predicted octanol–water partition coefficient (Wildman–Crippen LogP) is 2.77. The van der Waals surface area contributed by atoms with Gasteiger partial charge in [-0.15, -0.1) is 0 Å². The summed E-state index contributed by atoms with van der Waals surface area (Å²) in [6, 6.07) is 3.75. The molecule has 0 unspecified atom stereocenters. The van der Waals surface area contributed by atoms with Crippen molar-refractivity contribution in [3.05, 3.63) is 35.2 Å². The van der Waals surface area contributed by atoms with Gasteiger partial charge in [-0.1, -0.05) is 11.3 Å². The summed E-state index contributed by atoms with van der Waals surface area (Å²) in [7, 11) is 1.88. The van der Waals surface area contributed by atoms with Crippen LogP contribution in [0.1, 0.15) is 40.3 Å². The van der Waals surface area contributed by atoms with Gasteiger partial charge in [-0.25, -0.2) is 14.6 Å². The van der Waals surface area contributed by atoms with Crippen molar-refractivity contribution in [1.82, 2.24) is 4.57 Å². The van der Waals surface area contributed by atoms with Crippen molar-refractivity contribution < 1.29 is 19.1 Å². The van der Waals surface area contributed by atoms with Gasteiger partial charge in [0, 0.05) is 13.2 Å². The van der Waals surface area contributed by atoms with Crippen LogP contribution in [0.5, 0.6) is 0 Å². The van der Waals surface area contributed by atoms with Crippen molar-refractivity contribution in [3.8, 4) is 0 Å². The first kappa shape index (κ1) is 17.7. The summed E-state index contributed by atoms with van der Waals surface area (Å²) < 4.78 is 11.9. The van der Waals surface area contributed by atoms with Gasteiger partial charge in [0.1, 0.15) is 21.1 Å². The van der Waals surface area contributed by atoms with E-state index in [0.717, 1.165) is 17.0 Å². The number of thiophene rings is 1. The highest BCUT2D eigenvalue weighted by Gasteiger charge is 2.29. The lowest BCUT2D eigenvalue weighted by Gasteiger charge is -2.05. The van der Waals surface area contributed by atoms with Crippen LogP contribution in [0.3, 0.4) is 0 Å². The Bertz CT molecular complexity index is 776. The highest BCUT2D eigenvalue weighted by molar-refractivity contribution is 7.20. The van der Waals surface area contributed by atoms with Crippen LogP contribution in [0.2, 0.25) is 0 Å². The fraction of sp³-hybridized carbons (Fsp3) is 0.312. The number of aromatic nitrogens is 1. The Kier molecular flexibility index (Phi) is 5.75. The molecule has 0 saturated heterocycles. The Morgan fingerprint density at radius 2 is 1.88 bits per heavy atom. The SMILES string of the molecule is CCOC(=O)c1c(N)sc(/N=C/c2cccn2C)c1C(=O)OCC. The third-order valence-corrected chi connectivity index (χ3v) is 4.10. The molecule has 0 saturated carbocycles. The Balaban J connectivity index is 2.49. The smallest absolute Gasteiger partial charge is 0.342 e. The van der Waals surface area contributed by atoms with E-state index in [4.69, 9.17) is 15.2 Å². The van der Waals surface area contributed by atoms with E-state index in [-0.39, 0.29) is 29.3 Å². The van der Waals surface area contributed by atoms with E-state index in [1.165, 1.54) is 0 Å². The minimum Gasteiger partial charge on any atom is -0.462 e. The molecule has 0 aliphatic rings. The summed E-state index contributed by atoms with van der Waals surface area (Å²) in [4.78, 5) is 28.7. The van der Waals surface area contributed by atoms with Crippen molar-refractivity contribution in [3.63, 3.8) is 0 Å². The number of nitrogens with two attached hydrogens (primary N) is 1. The average Bonchev–Trinajstić information content (AvgIpc) is 3.08. The molecule has 2 rings (SSSR count). The molecule has 8 heteroatoms. The number of ether oxygens (including phenoxy) is 2. The summed E-state index contributed by atoms with van der Waals surface area (Å²) >= 11 is 1.05. The predicted molar refractivity (Wildman–Crippen MR) is 93.3 cm³/mol. The fourth-order valence-electron chi connectivity index (χ4n) is 2.06. The standard InChI is InChI=1S/C16H19N3O4S/c1-4-22-15(20)11-12(16(21)23-5-2)14(24-13(11)17)18-9-10-7-6-8-19(10)3/h6-9H,4-5,17H2,1-3H3/b18-9+. The number of rotatable bonds is 6. The number of carbonyl (C=O) groups excluding carboxylic acids is 2. The number of esters is 2. The maximum atomic E-state index is 12.3. The zero-order valence-corrected chi connectivity index (χ0v) is 14.6. The van der Waals surface area contributed by atoms with E-state index in [1.807, 2.05) is 29.9 Å². The summed E-state index contributed by atoms with van der Waals surface area (Å²) in [6.07, 6.45) is 3.48. The van der Waals surface area contributed by atoms with Crippen molar-refractivity contribution in [2.45, 2.75) is 13.8 Å². The molecule has 0 bridgehead atoms. The van der Waals surface area contributed by atoms with Gasteiger partial charge in [-0.3, -0.25) is 0 Å². The molecule has 0 fully saturated rings. The monoisotopic (exact) mass is 349 g/mol. The molecule has 0 atom stereocenters. The van der Waals surface area contributed by atoms with Crippen LogP contribution in [0.25, 0.3) is 0 Å². The van der Waals surface area contributed by atoms with Crippen LogP contribution in [0.15, 0.2) is 23.3 Å². The lowest BCUT2D eigenvalue weighted by atomic mass is 10.1. The summed E-state index contributed by atoms with van der Waals surface area (Å²) in [6.45, 7) is 3.72. The van der Waals surface area contributed by atoms with Gasteiger partial charge < -0.3 is 19.8 Å². The van der Waals surface area contributed by atoms with E-state index in [0.29, 0.717) is 5.00 Å². The number of nitrogen functional groups attached to an aromatic ring is 1. The van der Waals surface area contributed by atoms with Gasteiger partial charge in [-0.2, -0.15) is 0 Å². The van der Waals surface area contributed by atoms with Crippen LogP contribution in [0.4, 0.5) is 10.0 Å². The van der Waals surface area contributed by atoms with Crippen LogP contribution in [0, 0.1) is 0 Å². The molecular formula is C16H19N3O4S. The summed E-state index contributed by atoms with van der Waals surface area (Å²) in [5.74, 6) is -1.30. The number of hydrogen-bond acceptors (Lipinski definition) is 7. The number of nitrogens with zero attached hydrogens (tertiary/aromatic N) is 2. The molecule has 2 aromatic rings. The zero-order valence-electron chi connectivity index (χ0n) is 13.7. The van der Waals surface area contributed by atoms with Gasteiger partial charge in [0.25, 0.3) is 0 Å². The first-order chi connectivity index (χ1) is 11.5. The van der Waals surface area contributed by atoms with Gasteiger partial charge in [0.2, 0.25) is 0 Å². The number of anilines is 1. The maximum absolute atomic E-state index is 12.3. The molecule has 0 aromatic carbocycles. The molecule has 0 amide bonds. The molecule has 128 valence electrons. The average molecular weight is 349 g/mol. The normalized spacial score (nSPS) is 11.0. The molecule has 2 aromatic heterocycles. The molecule has 0 aliphatic carbocycles. The van der Waals surface area contributed by atoms with Crippen LogP contribution in [-0.2, 0) is 16.5 Å². The van der Waals surface area contributed by atoms with E-state index in [1.54, 1.807) is 20.1 Å². The minimum absolute atomic E-state index is 0.0133. The molecular weight excluding hydrogens is 330 g/mol. The first-order valence-electron chi connectivity index (χ1n) is 7.41. The highest BCUT2D eigenvalue weighted by Crippen LogP contribution is 2.38. The topological polar surface area (TPSA) is 95.9 Å². The highest BCUT2D eigenvalue weighted by atomic mass is 32.1. The third kappa shape index (κ3) is 3.65. The Labute approximate surface area is 143 Å². The largest absolute Gasteiger partial charge is 0.462 e. The van der Waals surface area contributed by atoms with Crippen LogP contribution in [-0.4, -0.2) is 35.9 Å². The van der Waals surface area contributed by atoms with E-state index in [9.17, 15) is 9.59 Å². The number of hydrogen-bond donors (Lipinski definition) is 1. The second kappa shape index (κ2) is 7.78. The maximum Gasteiger partial charge on any atom is 0.342 e. The molecule has 0 aliphatic heterocycles. The summed E-state index contributed by atoms with van der Waals surface area (Å²) in [5.41, 5.74) is 6.82. The lowest BCUT2D eigenvalue weighted by molar-refractivity contribution is 0.0481. The molecule has 7 nitrogen and oxygen atoms in total. The van der Waals surface area contributed by atoms with Gasteiger partial charge in [-0.05, 0) is 26.0 Å². The van der Waals surface area contributed by atoms with Crippen molar-refractivity contribution in [2.24, 2.45) is 12.0 Å². The first-order valence-corrected chi connectivity index (χ1v) is 8.23.